The predicted octanol–water partition coefficient (Wildman–Crippen LogP) is 4.75. The molecule has 0 N–H and O–H groups in total. The maximum Gasteiger partial charge on any atom is 0.0705 e. The second-order valence-corrected chi connectivity index (χ2v) is 6.84. The number of nitrogens with zero attached hydrogens (tertiary/aromatic N) is 4. The van der Waals surface area contributed by atoms with Crippen molar-refractivity contribution in [3.05, 3.63) is 108 Å². The zero-order valence-corrected chi connectivity index (χ0v) is 15.3. The van der Waals surface area contributed by atoms with Crippen LogP contribution in [-0.4, -0.2) is 19.9 Å². The fourth-order valence-corrected chi connectivity index (χ4v) is 3.35. The van der Waals surface area contributed by atoms with Crippen LogP contribution in [0.15, 0.2) is 85.2 Å². The highest BCUT2D eigenvalue weighted by atomic mass is 14.8. The van der Waals surface area contributed by atoms with Crippen molar-refractivity contribution in [2.45, 2.75) is 12.8 Å². The third kappa shape index (κ3) is 3.45. The molecule has 3 aromatic heterocycles. The lowest BCUT2D eigenvalue weighted by molar-refractivity contribution is 0.939. The topological polar surface area (TPSA) is 51.6 Å². The normalized spacial score (nSPS) is 11.1. The zero-order chi connectivity index (χ0) is 18.8. The maximum atomic E-state index is 4.71. The molecule has 0 amide bonds. The van der Waals surface area contributed by atoms with E-state index in [-0.39, 0.29) is 0 Å². The van der Waals surface area contributed by atoms with Crippen LogP contribution in [0.3, 0.4) is 0 Å². The van der Waals surface area contributed by atoms with Crippen LogP contribution in [0, 0.1) is 0 Å². The van der Waals surface area contributed by atoms with E-state index in [0.29, 0.717) is 12.8 Å². The van der Waals surface area contributed by atoms with Gasteiger partial charge in [0.05, 0.1) is 22.4 Å². The van der Waals surface area contributed by atoms with E-state index in [1.807, 2.05) is 48.8 Å². The summed E-state index contributed by atoms with van der Waals surface area (Å²) >= 11 is 0. The van der Waals surface area contributed by atoms with E-state index in [2.05, 4.69) is 46.4 Å². The molecule has 5 aromatic rings. The second kappa shape index (κ2) is 7.16. The molecule has 0 aliphatic carbocycles. The van der Waals surface area contributed by atoms with Gasteiger partial charge in [-0.1, -0.05) is 48.5 Å². The fraction of sp³-hybridized carbons (Fsp3) is 0.0833. The van der Waals surface area contributed by atoms with Crippen LogP contribution in [0.2, 0.25) is 0 Å². The molecular formula is C24H18N4. The Morgan fingerprint density at radius 3 is 1.39 bits per heavy atom. The Bertz CT molecular complexity index is 1160. The minimum Gasteiger partial charge on any atom is -0.257 e. The quantitative estimate of drug-likeness (QED) is 0.463. The molecule has 0 radical (unpaired) electrons. The third-order valence-electron chi connectivity index (χ3n) is 4.80. The van der Waals surface area contributed by atoms with Crippen molar-refractivity contribution in [2.24, 2.45) is 0 Å². The van der Waals surface area contributed by atoms with Gasteiger partial charge >= 0.3 is 0 Å². The van der Waals surface area contributed by atoms with Gasteiger partial charge in [0.15, 0.2) is 0 Å². The predicted molar refractivity (Wildman–Crippen MR) is 111 cm³/mol. The molecule has 0 atom stereocenters. The molecule has 4 nitrogen and oxygen atoms in total. The molecule has 3 heterocycles. The second-order valence-electron chi connectivity index (χ2n) is 6.84. The number of rotatable bonds is 4. The lowest BCUT2D eigenvalue weighted by Gasteiger charge is -2.05. The van der Waals surface area contributed by atoms with Gasteiger partial charge in [0.1, 0.15) is 0 Å². The average Bonchev–Trinajstić information content (AvgIpc) is 2.75. The Morgan fingerprint density at radius 2 is 0.929 bits per heavy atom. The van der Waals surface area contributed by atoms with E-state index in [0.717, 1.165) is 44.6 Å². The van der Waals surface area contributed by atoms with Crippen molar-refractivity contribution < 1.29 is 0 Å². The summed E-state index contributed by atoms with van der Waals surface area (Å²) < 4.78 is 0. The number of aromatic nitrogens is 4. The number of pyridine rings is 2. The first kappa shape index (κ1) is 16.5. The third-order valence-corrected chi connectivity index (χ3v) is 4.80. The molecule has 2 aromatic carbocycles. The van der Waals surface area contributed by atoms with E-state index >= 15 is 0 Å². The minimum atomic E-state index is 0.673. The van der Waals surface area contributed by atoms with Gasteiger partial charge in [0.2, 0.25) is 0 Å². The van der Waals surface area contributed by atoms with Gasteiger partial charge in [-0.05, 0) is 24.3 Å². The summed E-state index contributed by atoms with van der Waals surface area (Å²) in [5.74, 6) is 0. The van der Waals surface area contributed by atoms with Gasteiger partial charge in [-0.3, -0.25) is 19.9 Å². The molecule has 0 aliphatic heterocycles. The number of hydrogen-bond acceptors (Lipinski definition) is 4. The summed E-state index contributed by atoms with van der Waals surface area (Å²) in [7, 11) is 0. The molecule has 0 saturated carbocycles. The molecule has 5 rings (SSSR count). The van der Waals surface area contributed by atoms with Gasteiger partial charge in [0.25, 0.3) is 0 Å². The van der Waals surface area contributed by atoms with E-state index < -0.39 is 0 Å². The van der Waals surface area contributed by atoms with Crippen LogP contribution in [0.1, 0.15) is 22.8 Å². The molecule has 0 saturated heterocycles. The van der Waals surface area contributed by atoms with Gasteiger partial charge in [-0.25, -0.2) is 0 Å². The smallest absolute Gasteiger partial charge is 0.0705 e. The molecule has 4 heteroatoms. The highest BCUT2D eigenvalue weighted by Gasteiger charge is 2.05. The minimum absolute atomic E-state index is 0.673. The van der Waals surface area contributed by atoms with E-state index in [1.54, 1.807) is 0 Å². The number of para-hydroxylation sites is 2. The van der Waals surface area contributed by atoms with Crippen LogP contribution >= 0.6 is 0 Å². The Hall–Kier alpha value is -3.66. The van der Waals surface area contributed by atoms with Gasteiger partial charge < -0.3 is 0 Å². The Morgan fingerprint density at radius 1 is 0.464 bits per heavy atom. The van der Waals surface area contributed by atoms with Crippen molar-refractivity contribution in [1.82, 2.24) is 19.9 Å². The summed E-state index contributed by atoms with van der Waals surface area (Å²) in [6.45, 7) is 0. The van der Waals surface area contributed by atoms with Gasteiger partial charge in [0, 0.05) is 47.4 Å². The molecule has 0 bridgehead atoms. The fourth-order valence-electron chi connectivity index (χ4n) is 3.35. The number of fused-ring (bicyclic) bond motifs is 2. The van der Waals surface area contributed by atoms with Crippen molar-refractivity contribution in [1.29, 1.82) is 0 Å². The summed E-state index contributed by atoms with van der Waals surface area (Å²) in [5, 5.41) is 2.30. The molecule has 0 spiro atoms. The van der Waals surface area contributed by atoms with Gasteiger partial charge in [-0.2, -0.15) is 0 Å². The Labute approximate surface area is 163 Å². The number of benzene rings is 2. The molecule has 28 heavy (non-hydrogen) atoms. The van der Waals surface area contributed by atoms with E-state index in [9.17, 15) is 0 Å². The van der Waals surface area contributed by atoms with Crippen LogP contribution < -0.4 is 0 Å². The van der Waals surface area contributed by atoms with E-state index in [1.165, 1.54) is 0 Å². The molecule has 0 fully saturated rings. The molecular weight excluding hydrogens is 344 g/mol. The molecule has 0 unspecified atom stereocenters. The first-order chi connectivity index (χ1) is 13.8. The van der Waals surface area contributed by atoms with Crippen LogP contribution in [0.5, 0.6) is 0 Å². The SMILES string of the molecule is c1ccc2nc(Cc3cnc(Cc4ccc5ccccc5n4)cn3)ccc2c1. The van der Waals surface area contributed by atoms with Crippen LogP contribution in [-0.2, 0) is 12.8 Å². The van der Waals surface area contributed by atoms with Crippen molar-refractivity contribution >= 4 is 21.8 Å². The van der Waals surface area contributed by atoms with Crippen LogP contribution in [0.25, 0.3) is 21.8 Å². The summed E-state index contributed by atoms with van der Waals surface area (Å²) in [6, 6.07) is 24.6. The standard InChI is InChI=1S/C24H18N4/c1-3-7-23-17(5-1)9-11-19(27-23)13-21-15-26-22(16-25-21)14-20-12-10-18-6-2-4-8-24(18)28-20/h1-12,15-16H,13-14H2. The zero-order valence-electron chi connectivity index (χ0n) is 15.3. The molecule has 0 aliphatic rings. The van der Waals surface area contributed by atoms with Crippen molar-refractivity contribution in [3.8, 4) is 0 Å². The van der Waals surface area contributed by atoms with Gasteiger partial charge in [-0.15, -0.1) is 0 Å². The Balaban J connectivity index is 1.32. The lowest BCUT2D eigenvalue weighted by Crippen LogP contribution is -2.00. The maximum absolute atomic E-state index is 4.71. The largest absolute Gasteiger partial charge is 0.257 e. The highest BCUT2D eigenvalue weighted by molar-refractivity contribution is 5.79. The summed E-state index contributed by atoms with van der Waals surface area (Å²) in [4.78, 5) is 18.6. The Kier molecular flexibility index (Phi) is 4.22. The molecule has 134 valence electrons. The summed E-state index contributed by atoms with van der Waals surface area (Å²) in [5.41, 5.74) is 5.84. The van der Waals surface area contributed by atoms with Crippen molar-refractivity contribution in [3.63, 3.8) is 0 Å². The van der Waals surface area contributed by atoms with Crippen LogP contribution in [0.4, 0.5) is 0 Å². The summed E-state index contributed by atoms with van der Waals surface area (Å²) in [6.07, 6.45) is 5.03. The number of hydrogen-bond donors (Lipinski definition) is 0. The highest BCUT2D eigenvalue weighted by Crippen LogP contribution is 2.15. The average molecular weight is 362 g/mol. The lowest BCUT2D eigenvalue weighted by atomic mass is 10.1. The van der Waals surface area contributed by atoms with E-state index in [4.69, 9.17) is 9.97 Å². The first-order valence-corrected chi connectivity index (χ1v) is 9.33. The first-order valence-electron chi connectivity index (χ1n) is 9.33. The van der Waals surface area contributed by atoms with Crippen molar-refractivity contribution in [2.75, 3.05) is 0 Å². The monoisotopic (exact) mass is 362 g/mol.